The van der Waals surface area contributed by atoms with E-state index < -0.39 is 8.07 Å². The summed E-state index contributed by atoms with van der Waals surface area (Å²) in [7, 11) is -2.11. The molecule has 0 nitrogen and oxygen atoms in total. The third-order valence-corrected chi connectivity index (χ3v) is 13.6. The second kappa shape index (κ2) is 8.37. The van der Waals surface area contributed by atoms with Crippen molar-refractivity contribution >= 4 is 62.9 Å². The smallest absolute Gasteiger partial charge is 0.0724 e. The third kappa shape index (κ3) is 3.18. The molecule has 6 rings (SSSR count). The Kier molecular flexibility index (Phi) is 5.52. The zero-order valence-electron chi connectivity index (χ0n) is 20.8. The fourth-order valence-electron chi connectivity index (χ4n) is 7.07. The summed E-state index contributed by atoms with van der Waals surface area (Å²) in [6.07, 6.45) is 1.94. The van der Waals surface area contributed by atoms with E-state index in [9.17, 15) is 0 Å². The van der Waals surface area contributed by atoms with Crippen LogP contribution in [0.4, 0.5) is 0 Å². The molecule has 0 aromatic heterocycles. The van der Waals surface area contributed by atoms with Crippen molar-refractivity contribution < 1.29 is 0 Å². The molecule has 3 heteroatoms. The van der Waals surface area contributed by atoms with Crippen LogP contribution in [0.5, 0.6) is 0 Å². The van der Waals surface area contributed by atoms with E-state index in [2.05, 4.69) is 99.7 Å². The van der Waals surface area contributed by atoms with E-state index in [1.165, 1.54) is 54.9 Å². The Morgan fingerprint density at radius 3 is 1.40 bits per heavy atom. The Balaban J connectivity index is 1.65. The van der Waals surface area contributed by atoms with Crippen LogP contribution in [0.2, 0.25) is 13.1 Å². The summed E-state index contributed by atoms with van der Waals surface area (Å²) >= 11 is 14.3. The van der Waals surface area contributed by atoms with Gasteiger partial charge in [0.25, 0.3) is 0 Å². The second-order valence-corrected chi connectivity index (χ2v) is 16.1. The fraction of sp³-hybridized carbons (Fsp3) is 0.250. The average Bonchev–Trinajstić information content (AvgIpc) is 3.35. The van der Waals surface area contributed by atoms with Gasteiger partial charge in [-0.05, 0) is 67.8 Å². The summed E-state index contributed by atoms with van der Waals surface area (Å²) in [4.78, 5) is 0. The number of hydrogen-bond acceptors (Lipinski definition) is 0. The summed E-state index contributed by atoms with van der Waals surface area (Å²) in [6.45, 7) is 9.70. The van der Waals surface area contributed by atoms with E-state index in [4.69, 9.17) is 23.2 Å². The van der Waals surface area contributed by atoms with Gasteiger partial charge in [0.05, 0.1) is 8.07 Å². The zero-order valence-corrected chi connectivity index (χ0v) is 23.3. The van der Waals surface area contributed by atoms with Crippen molar-refractivity contribution in [2.24, 2.45) is 0 Å². The van der Waals surface area contributed by atoms with Gasteiger partial charge in [-0.25, -0.2) is 0 Å². The standard InChI is InChI=1S/C32H30Cl2Si/c1-5-21-29(33)25-17-15-19-11-7-9-13-23(19)27(25)31(21)35(3,4)32-22(6-2)30(34)26-18-16-20-12-8-10-14-24(20)28(26)32/h7-18,31-32H,5-6H2,1-4H3. The van der Waals surface area contributed by atoms with Crippen molar-refractivity contribution in [3.63, 3.8) is 0 Å². The lowest BCUT2D eigenvalue weighted by Gasteiger charge is -2.40. The molecule has 0 heterocycles. The maximum atomic E-state index is 7.17. The van der Waals surface area contributed by atoms with E-state index in [-0.39, 0.29) is 0 Å². The van der Waals surface area contributed by atoms with E-state index in [0.717, 1.165) is 22.9 Å². The SMILES string of the molecule is CCC1=C(Cl)c2ccc3ccccc3c2C1[Si](C)(C)C1C(CC)=C(Cl)c2ccc3ccccc3c21. The van der Waals surface area contributed by atoms with Gasteiger partial charge >= 0.3 is 0 Å². The number of rotatable bonds is 4. The molecule has 0 fully saturated rings. The van der Waals surface area contributed by atoms with Gasteiger partial charge in [-0.15, -0.1) is 0 Å². The molecule has 0 spiro atoms. The van der Waals surface area contributed by atoms with Gasteiger partial charge < -0.3 is 0 Å². The molecule has 0 bridgehead atoms. The Morgan fingerprint density at radius 2 is 1.00 bits per heavy atom. The number of fused-ring (bicyclic) bond motifs is 6. The molecule has 0 radical (unpaired) electrons. The van der Waals surface area contributed by atoms with Gasteiger partial charge in [-0.1, -0.05) is 123 Å². The summed E-state index contributed by atoms with van der Waals surface area (Å²) in [5, 5.41) is 7.24. The Labute approximate surface area is 219 Å². The molecule has 0 aliphatic heterocycles. The highest BCUT2D eigenvalue weighted by atomic mass is 35.5. The van der Waals surface area contributed by atoms with Crippen LogP contribution in [-0.4, -0.2) is 8.07 Å². The molecular weight excluding hydrogens is 483 g/mol. The predicted molar refractivity (Wildman–Crippen MR) is 157 cm³/mol. The number of allylic oxidation sites excluding steroid dienone is 2. The van der Waals surface area contributed by atoms with Crippen LogP contribution in [0.1, 0.15) is 60.0 Å². The van der Waals surface area contributed by atoms with Gasteiger partial charge in [0.1, 0.15) is 0 Å². The number of hydrogen-bond donors (Lipinski definition) is 0. The summed E-state index contributed by atoms with van der Waals surface area (Å²) in [5.41, 5.74) is 8.88. The first kappa shape index (κ1) is 23.1. The minimum atomic E-state index is -2.11. The van der Waals surface area contributed by atoms with Crippen LogP contribution in [-0.2, 0) is 0 Å². The van der Waals surface area contributed by atoms with Crippen molar-refractivity contribution in [3.05, 3.63) is 106 Å². The normalized spacial score (nSPS) is 19.7. The molecular formula is C32H30Cl2Si. The molecule has 176 valence electrons. The molecule has 2 aliphatic carbocycles. The molecule has 2 aliphatic rings. The Morgan fingerprint density at radius 1 is 0.600 bits per heavy atom. The van der Waals surface area contributed by atoms with Gasteiger partial charge in [0.15, 0.2) is 0 Å². The van der Waals surface area contributed by atoms with Gasteiger partial charge in [-0.2, -0.15) is 0 Å². The van der Waals surface area contributed by atoms with Gasteiger partial charge in [0.2, 0.25) is 0 Å². The van der Waals surface area contributed by atoms with Gasteiger partial charge in [0, 0.05) is 21.1 Å². The summed E-state index contributed by atoms with van der Waals surface area (Å²) in [6, 6.07) is 26.6. The third-order valence-electron chi connectivity index (χ3n) is 8.50. The monoisotopic (exact) mass is 512 g/mol. The quantitative estimate of drug-likeness (QED) is 0.238. The van der Waals surface area contributed by atoms with E-state index in [1.54, 1.807) is 0 Å². The maximum absolute atomic E-state index is 7.17. The van der Waals surface area contributed by atoms with E-state index in [0.29, 0.717) is 11.1 Å². The Hall–Kier alpha value is -2.32. The molecule has 0 saturated carbocycles. The van der Waals surface area contributed by atoms with E-state index in [1.807, 2.05) is 0 Å². The lowest BCUT2D eigenvalue weighted by Crippen LogP contribution is -2.43. The molecule has 0 amide bonds. The second-order valence-electron chi connectivity index (χ2n) is 10.6. The van der Waals surface area contributed by atoms with Crippen LogP contribution >= 0.6 is 23.2 Å². The first-order valence-corrected chi connectivity index (χ1v) is 16.6. The molecule has 2 atom stereocenters. The van der Waals surface area contributed by atoms with Crippen LogP contribution in [0, 0.1) is 0 Å². The van der Waals surface area contributed by atoms with Crippen LogP contribution < -0.4 is 0 Å². The minimum Gasteiger partial charge on any atom is -0.0837 e. The van der Waals surface area contributed by atoms with Crippen molar-refractivity contribution in [1.29, 1.82) is 0 Å². The maximum Gasteiger partial charge on any atom is 0.0724 e. The first-order valence-electron chi connectivity index (χ1n) is 12.7. The van der Waals surface area contributed by atoms with Crippen molar-refractivity contribution in [2.45, 2.75) is 50.9 Å². The molecule has 4 aromatic carbocycles. The largest absolute Gasteiger partial charge is 0.0837 e. The van der Waals surface area contributed by atoms with Crippen LogP contribution in [0.3, 0.4) is 0 Å². The number of benzene rings is 4. The lowest BCUT2D eigenvalue weighted by molar-refractivity contribution is 0.904. The zero-order chi connectivity index (χ0) is 24.5. The fourth-order valence-corrected chi connectivity index (χ4v) is 13.0. The van der Waals surface area contributed by atoms with Crippen molar-refractivity contribution in [2.75, 3.05) is 0 Å². The summed E-state index contributed by atoms with van der Waals surface area (Å²) in [5.74, 6) is 0. The van der Waals surface area contributed by atoms with Crippen molar-refractivity contribution in [3.8, 4) is 0 Å². The molecule has 0 saturated heterocycles. The highest BCUT2D eigenvalue weighted by Crippen LogP contribution is 2.59. The topological polar surface area (TPSA) is 0 Å². The number of halogens is 2. The molecule has 2 unspecified atom stereocenters. The highest BCUT2D eigenvalue weighted by molar-refractivity contribution is 6.83. The summed E-state index contributed by atoms with van der Waals surface area (Å²) < 4.78 is 0. The van der Waals surface area contributed by atoms with Crippen LogP contribution in [0.25, 0.3) is 31.6 Å². The van der Waals surface area contributed by atoms with Crippen LogP contribution in [0.15, 0.2) is 83.9 Å². The van der Waals surface area contributed by atoms with Crippen molar-refractivity contribution in [1.82, 2.24) is 0 Å². The predicted octanol–water partition coefficient (Wildman–Crippen LogP) is 10.4. The molecule has 4 aromatic rings. The molecule has 35 heavy (non-hydrogen) atoms. The Bertz CT molecular complexity index is 1460. The van der Waals surface area contributed by atoms with Gasteiger partial charge in [-0.3, -0.25) is 0 Å². The lowest BCUT2D eigenvalue weighted by atomic mass is 9.98. The first-order chi connectivity index (χ1) is 16.9. The van der Waals surface area contributed by atoms with E-state index >= 15 is 0 Å². The molecule has 0 N–H and O–H groups in total. The average molecular weight is 514 g/mol. The minimum absolute atomic E-state index is 0.349. The highest BCUT2D eigenvalue weighted by Gasteiger charge is 2.51.